The molecule has 5 heteroatoms. The largest absolute Gasteiger partial charge is 0.381 e. The van der Waals surface area contributed by atoms with E-state index in [-0.39, 0.29) is 10.8 Å². The van der Waals surface area contributed by atoms with Crippen molar-refractivity contribution in [1.82, 2.24) is 0 Å². The van der Waals surface area contributed by atoms with Crippen LogP contribution in [0.4, 0.5) is 0 Å². The fraction of sp³-hybridized carbons (Fsp3) is 0.714. The molecule has 1 unspecified atom stereocenters. The van der Waals surface area contributed by atoms with Gasteiger partial charge >= 0.3 is 0 Å². The summed E-state index contributed by atoms with van der Waals surface area (Å²) in [6, 6.07) is 0. The third kappa shape index (κ3) is 2.77. The zero-order valence-electron chi connectivity index (χ0n) is 6.62. The molecular weight excluding hydrogens is 200 g/mol. The third-order valence-electron chi connectivity index (χ3n) is 1.89. The van der Waals surface area contributed by atoms with Crippen molar-refractivity contribution in [2.45, 2.75) is 12.8 Å². The molecule has 0 bridgehead atoms. The lowest BCUT2D eigenvalue weighted by Crippen LogP contribution is -2.04. The van der Waals surface area contributed by atoms with Crippen LogP contribution in [0, 0.1) is 5.92 Å². The second kappa shape index (κ2) is 3.77. The Morgan fingerprint density at radius 3 is 2.75 bits per heavy atom. The van der Waals surface area contributed by atoms with E-state index >= 15 is 0 Å². The lowest BCUT2D eigenvalue weighted by atomic mass is 10.1. The summed E-state index contributed by atoms with van der Waals surface area (Å²) in [6.07, 6.45) is 1.32. The number of hydrogen-bond acceptors (Lipinski definition) is 3. The Labute approximate surface area is 76.8 Å². The molecule has 0 amide bonds. The van der Waals surface area contributed by atoms with E-state index in [1.165, 1.54) is 0 Å². The third-order valence-corrected chi connectivity index (χ3v) is 3.40. The summed E-state index contributed by atoms with van der Waals surface area (Å²) in [5.41, 5.74) is 0. The van der Waals surface area contributed by atoms with Crippen LogP contribution in [0.1, 0.15) is 12.8 Å². The molecule has 0 aromatic rings. The van der Waals surface area contributed by atoms with Gasteiger partial charge in [0.15, 0.2) is 0 Å². The van der Waals surface area contributed by atoms with E-state index in [1.54, 1.807) is 0 Å². The van der Waals surface area contributed by atoms with E-state index < -0.39 is 9.05 Å². The van der Waals surface area contributed by atoms with Crippen molar-refractivity contribution >= 4 is 19.7 Å². The normalized spacial score (nSPS) is 24.2. The first-order chi connectivity index (χ1) is 5.50. The molecule has 1 saturated heterocycles. The molecule has 1 heterocycles. The quantitative estimate of drug-likeness (QED) is 0.663. The van der Waals surface area contributed by atoms with Crippen LogP contribution in [0.3, 0.4) is 0 Å². The van der Waals surface area contributed by atoms with Gasteiger partial charge in [-0.3, -0.25) is 0 Å². The second-order valence-electron chi connectivity index (χ2n) is 2.91. The van der Waals surface area contributed by atoms with Gasteiger partial charge in [0.1, 0.15) is 0 Å². The molecule has 0 aliphatic carbocycles. The summed E-state index contributed by atoms with van der Waals surface area (Å²) < 4.78 is 26.6. The molecule has 1 fully saturated rings. The van der Waals surface area contributed by atoms with Crippen molar-refractivity contribution in [1.29, 1.82) is 0 Å². The van der Waals surface area contributed by atoms with Crippen molar-refractivity contribution in [3.8, 4) is 0 Å². The standard InChI is InChI=1S/C7H11ClO3S/c1-6(12(8,9)10)4-7-2-3-11-5-7/h7H,1-5H2. The van der Waals surface area contributed by atoms with Crippen molar-refractivity contribution in [2.75, 3.05) is 13.2 Å². The molecule has 0 N–H and O–H groups in total. The molecule has 0 spiro atoms. The van der Waals surface area contributed by atoms with Gasteiger partial charge in [-0.1, -0.05) is 6.58 Å². The number of rotatable bonds is 3. The number of allylic oxidation sites excluding steroid dienone is 1. The lowest BCUT2D eigenvalue weighted by molar-refractivity contribution is 0.186. The second-order valence-corrected chi connectivity index (χ2v) is 5.58. The summed E-state index contributed by atoms with van der Waals surface area (Å²) in [4.78, 5) is 0.0969. The monoisotopic (exact) mass is 210 g/mol. The Hall–Kier alpha value is -0.0600. The smallest absolute Gasteiger partial charge is 0.256 e. The maximum atomic E-state index is 10.7. The molecule has 1 rings (SSSR count). The Kier molecular flexibility index (Phi) is 3.15. The first kappa shape index (κ1) is 10.0. The highest BCUT2D eigenvalue weighted by molar-refractivity contribution is 8.16. The van der Waals surface area contributed by atoms with Crippen LogP contribution in [0.2, 0.25) is 0 Å². The van der Waals surface area contributed by atoms with Crippen LogP contribution in [-0.2, 0) is 13.8 Å². The maximum absolute atomic E-state index is 10.7. The van der Waals surface area contributed by atoms with Gasteiger partial charge in [0.2, 0.25) is 0 Å². The highest BCUT2D eigenvalue weighted by Gasteiger charge is 2.21. The van der Waals surface area contributed by atoms with Gasteiger partial charge in [-0.05, 0) is 18.8 Å². The average Bonchev–Trinajstić information content (AvgIpc) is 2.37. The Balaban J connectivity index is 2.46. The molecule has 0 radical (unpaired) electrons. The van der Waals surface area contributed by atoms with Crippen LogP contribution in [0.15, 0.2) is 11.5 Å². The van der Waals surface area contributed by atoms with E-state index in [4.69, 9.17) is 15.4 Å². The maximum Gasteiger partial charge on any atom is 0.256 e. The average molecular weight is 211 g/mol. The first-order valence-electron chi connectivity index (χ1n) is 3.70. The molecule has 12 heavy (non-hydrogen) atoms. The highest BCUT2D eigenvalue weighted by atomic mass is 35.7. The SMILES string of the molecule is C=C(CC1CCOC1)S(=O)(=O)Cl. The summed E-state index contributed by atoms with van der Waals surface area (Å²) in [5.74, 6) is 0.269. The van der Waals surface area contributed by atoms with Gasteiger partial charge in [0.05, 0.1) is 4.91 Å². The predicted molar refractivity (Wildman–Crippen MR) is 47.5 cm³/mol. The predicted octanol–water partition coefficient (Wildman–Crippen LogP) is 1.50. The fourth-order valence-electron chi connectivity index (χ4n) is 1.17. The van der Waals surface area contributed by atoms with Gasteiger partial charge in [-0.15, -0.1) is 0 Å². The molecule has 3 nitrogen and oxygen atoms in total. The Bertz CT molecular complexity index is 264. The minimum Gasteiger partial charge on any atom is -0.381 e. The number of halogens is 1. The van der Waals surface area contributed by atoms with Gasteiger partial charge in [0.25, 0.3) is 9.05 Å². The van der Waals surface area contributed by atoms with Crippen molar-refractivity contribution < 1.29 is 13.2 Å². The number of hydrogen-bond donors (Lipinski definition) is 0. The molecule has 70 valence electrons. The van der Waals surface area contributed by atoms with E-state index in [1.807, 2.05) is 0 Å². The van der Waals surface area contributed by atoms with E-state index in [9.17, 15) is 8.42 Å². The first-order valence-corrected chi connectivity index (χ1v) is 6.01. The molecule has 0 aromatic carbocycles. The summed E-state index contributed by atoms with van der Waals surface area (Å²) in [5, 5.41) is 0. The van der Waals surface area contributed by atoms with Crippen molar-refractivity contribution in [3.63, 3.8) is 0 Å². The number of ether oxygens (including phenoxy) is 1. The van der Waals surface area contributed by atoms with Crippen LogP contribution >= 0.6 is 10.7 Å². The van der Waals surface area contributed by atoms with Crippen LogP contribution < -0.4 is 0 Å². The topological polar surface area (TPSA) is 43.4 Å². The van der Waals surface area contributed by atoms with E-state index in [0.717, 1.165) is 6.42 Å². The summed E-state index contributed by atoms with van der Waals surface area (Å²) in [7, 11) is 1.53. The minimum absolute atomic E-state index is 0.0969. The van der Waals surface area contributed by atoms with Gasteiger partial charge in [-0.25, -0.2) is 8.42 Å². The van der Waals surface area contributed by atoms with Crippen molar-refractivity contribution in [2.24, 2.45) is 5.92 Å². The Morgan fingerprint density at radius 1 is 1.67 bits per heavy atom. The lowest BCUT2D eigenvalue weighted by Gasteiger charge is -2.06. The summed E-state index contributed by atoms with van der Waals surface area (Å²) in [6.45, 7) is 4.74. The molecular formula is C7H11ClO3S. The van der Waals surface area contributed by atoms with Gasteiger partial charge in [-0.2, -0.15) is 0 Å². The van der Waals surface area contributed by atoms with Crippen LogP contribution in [0.5, 0.6) is 0 Å². The highest BCUT2D eigenvalue weighted by Crippen LogP contribution is 2.24. The molecule has 1 aliphatic heterocycles. The molecule has 0 aromatic heterocycles. The summed E-state index contributed by atoms with van der Waals surface area (Å²) >= 11 is 0. The van der Waals surface area contributed by atoms with Gasteiger partial charge < -0.3 is 4.74 Å². The van der Waals surface area contributed by atoms with Crippen LogP contribution in [-0.4, -0.2) is 21.6 Å². The molecule has 0 saturated carbocycles. The van der Waals surface area contributed by atoms with Crippen molar-refractivity contribution in [3.05, 3.63) is 11.5 Å². The van der Waals surface area contributed by atoms with E-state index in [0.29, 0.717) is 19.6 Å². The zero-order chi connectivity index (χ0) is 9.19. The Morgan fingerprint density at radius 2 is 2.33 bits per heavy atom. The molecule has 1 atom stereocenters. The van der Waals surface area contributed by atoms with Gasteiger partial charge in [0, 0.05) is 23.9 Å². The van der Waals surface area contributed by atoms with E-state index in [2.05, 4.69) is 6.58 Å². The molecule has 1 aliphatic rings. The minimum atomic E-state index is -3.57. The van der Waals surface area contributed by atoms with Crippen LogP contribution in [0.25, 0.3) is 0 Å². The zero-order valence-corrected chi connectivity index (χ0v) is 8.20. The fourth-order valence-corrected chi connectivity index (χ4v) is 1.79.